The van der Waals surface area contributed by atoms with Crippen LogP contribution in [-0.4, -0.2) is 11.7 Å². The van der Waals surface area contributed by atoms with Crippen molar-refractivity contribution in [3.63, 3.8) is 0 Å². The minimum atomic E-state index is 0.00907. The standard InChI is InChI=1S/C14H20BrNO/c1-8-9(2)13(17)11(10(3)12(8)15)14(7-16)5-4-6-14/h17H,4-7,16H2,1-3H3. The summed E-state index contributed by atoms with van der Waals surface area (Å²) >= 11 is 3.64. The molecule has 0 unspecified atom stereocenters. The highest BCUT2D eigenvalue weighted by Gasteiger charge is 2.41. The van der Waals surface area contributed by atoms with E-state index in [1.165, 1.54) is 6.42 Å². The smallest absolute Gasteiger partial charge is 0.122 e. The number of aromatic hydroxyl groups is 1. The molecule has 3 heteroatoms. The van der Waals surface area contributed by atoms with Gasteiger partial charge < -0.3 is 10.8 Å². The van der Waals surface area contributed by atoms with Crippen LogP contribution in [0.25, 0.3) is 0 Å². The van der Waals surface area contributed by atoms with Crippen LogP contribution in [0.2, 0.25) is 0 Å². The molecular formula is C14H20BrNO. The van der Waals surface area contributed by atoms with Crippen LogP contribution in [0.3, 0.4) is 0 Å². The normalized spacial score (nSPS) is 17.9. The number of halogens is 1. The quantitative estimate of drug-likeness (QED) is 0.878. The lowest BCUT2D eigenvalue weighted by Crippen LogP contribution is -2.42. The van der Waals surface area contributed by atoms with Crippen molar-refractivity contribution in [3.05, 3.63) is 26.7 Å². The van der Waals surface area contributed by atoms with Gasteiger partial charge in [-0.05, 0) is 50.3 Å². The van der Waals surface area contributed by atoms with E-state index in [1.807, 2.05) is 13.8 Å². The second-order valence-electron chi connectivity index (χ2n) is 5.25. The summed E-state index contributed by atoms with van der Waals surface area (Å²) in [6.45, 7) is 6.70. The number of hydrogen-bond acceptors (Lipinski definition) is 2. The summed E-state index contributed by atoms with van der Waals surface area (Å²) in [6.07, 6.45) is 3.39. The number of benzene rings is 1. The van der Waals surface area contributed by atoms with Gasteiger partial charge >= 0.3 is 0 Å². The van der Waals surface area contributed by atoms with E-state index in [2.05, 4.69) is 22.9 Å². The molecule has 3 N–H and O–H groups in total. The number of nitrogens with two attached hydrogens (primary N) is 1. The summed E-state index contributed by atoms with van der Waals surface area (Å²) < 4.78 is 1.11. The number of phenolic OH excluding ortho intramolecular Hbond substituents is 1. The largest absolute Gasteiger partial charge is 0.507 e. The molecule has 1 aromatic carbocycles. The van der Waals surface area contributed by atoms with Crippen molar-refractivity contribution in [1.29, 1.82) is 0 Å². The molecule has 1 aromatic rings. The zero-order chi connectivity index (χ0) is 12.8. The predicted molar refractivity (Wildman–Crippen MR) is 74.6 cm³/mol. The fourth-order valence-corrected chi connectivity index (χ4v) is 3.40. The van der Waals surface area contributed by atoms with Crippen LogP contribution in [0.5, 0.6) is 5.75 Å². The van der Waals surface area contributed by atoms with E-state index in [0.29, 0.717) is 12.3 Å². The van der Waals surface area contributed by atoms with Crippen molar-refractivity contribution < 1.29 is 5.11 Å². The van der Waals surface area contributed by atoms with Crippen molar-refractivity contribution >= 4 is 15.9 Å². The van der Waals surface area contributed by atoms with Crippen LogP contribution >= 0.6 is 15.9 Å². The highest BCUT2D eigenvalue weighted by Crippen LogP contribution is 2.50. The SMILES string of the molecule is Cc1c(C)c(Br)c(C)c(C2(CN)CCC2)c1O. The molecule has 0 bridgehead atoms. The maximum Gasteiger partial charge on any atom is 0.122 e. The summed E-state index contributed by atoms with van der Waals surface area (Å²) in [5, 5.41) is 10.4. The van der Waals surface area contributed by atoms with E-state index < -0.39 is 0 Å². The van der Waals surface area contributed by atoms with Gasteiger partial charge in [-0.3, -0.25) is 0 Å². The van der Waals surface area contributed by atoms with Gasteiger partial charge in [-0.25, -0.2) is 0 Å². The van der Waals surface area contributed by atoms with Crippen LogP contribution in [0.15, 0.2) is 4.47 Å². The third-order valence-corrected chi connectivity index (χ3v) is 5.61. The number of hydrogen-bond donors (Lipinski definition) is 2. The predicted octanol–water partition coefficient (Wildman–Crippen LogP) is 3.46. The minimum Gasteiger partial charge on any atom is -0.507 e. The van der Waals surface area contributed by atoms with Gasteiger partial charge in [0.15, 0.2) is 0 Å². The molecule has 0 radical (unpaired) electrons. The molecule has 2 nitrogen and oxygen atoms in total. The van der Waals surface area contributed by atoms with Crippen LogP contribution in [0, 0.1) is 20.8 Å². The highest BCUT2D eigenvalue weighted by molar-refractivity contribution is 9.10. The first-order valence-corrected chi connectivity index (χ1v) is 6.92. The Morgan fingerprint density at radius 1 is 1.18 bits per heavy atom. The minimum absolute atomic E-state index is 0.00907. The summed E-state index contributed by atoms with van der Waals surface area (Å²) in [7, 11) is 0. The lowest BCUT2D eigenvalue weighted by molar-refractivity contribution is 0.243. The van der Waals surface area contributed by atoms with E-state index in [9.17, 15) is 5.11 Å². The molecule has 1 aliphatic rings. The van der Waals surface area contributed by atoms with Gasteiger partial charge in [0.05, 0.1) is 0 Å². The van der Waals surface area contributed by atoms with Crippen molar-refractivity contribution in [2.24, 2.45) is 5.73 Å². The molecular weight excluding hydrogens is 278 g/mol. The first kappa shape index (κ1) is 12.9. The fourth-order valence-electron chi connectivity index (χ4n) is 2.91. The molecule has 17 heavy (non-hydrogen) atoms. The Kier molecular flexibility index (Phi) is 3.25. The second-order valence-corrected chi connectivity index (χ2v) is 6.04. The van der Waals surface area contributed by atoms with Crippen LogP contribution in [0.1, 0.15) is 41.5 Å². The Bertz CT molecular complexity index is 429. The number of rotatable bonds is 2. The molecule has 2 rings (SSSR count). The summed E-state index contributed by atoms with van der Waals surface area (Å²) in [5.41, 5.74) is 10.3. The zero-order valence-corrected chi connectivity index (χ0v) is 12.3. The Hall–Kier alpha value is -0.540. The zero-order valence-electron chi connectivity index (χ0n) is 10.7. The van der Waals surface area contributed by atoms with Crippen LogP contribution < -0.4 is 5.73 Å². The van der Waals surface area contributed by atoms with Gasteiger partial charge in [-0.2, -0.15) is 0 Å². The third kappa shape index (κ3) is 1.71. The monoisotopic (exact) mass is 297 g/mol. The fraction of sp³-hybridized carbons (Fsp3) is 0.571. The van der Waals surface area contributed by atoms with Gasteiger partial charge in [0.2, 0.25) is 0 Å². The molecule has 1 saturated carbocycles. The molecule has 0 amide bonds. The van der Waals surface area contributed by atoms with Gasteiger partial charge in [-0.15, -0.1) is 0 Å². The van der Waals surface area contributed by atoms with Crippen molar-refractivity contribution in [2.45, 2.75) is 45.4 Å². The Balaban J connectivity index is 2.69. The van der Waals surface area contributed by atoms with Crippen LogP contribution in [-0.2, 0) is 5.41 Å². The van der Waals surface area contributed by atoms with E-state index in [1.54, 1.807) is 0 Å². The lowest BCUT2D eigenvalue weighted by atomic mass is 9.62. The van der Waals surface area contributed by atoms with Gasteiger partial charge in [0.1, 0.15) is 5.75 Å². The molecule has 1 aliphatic carbocycles. The maximum absolute atomic E-state index is 10.4. The van der Waals surface area contributed by atoms with Crippen LogP contribution in [0.4, 0.5) is 0 Å². The lowest BCUT2D eigenvalue weighted by Gasteiger charge is -2.43. The molecule has 1 fully saturated rings. The molecule has 0 saturated heterocycles. The molecule has 0 aromatic heterocycles. The Morgan fingerprint density at radius 3 is 2.18 bits per heavy atom. The highest BCUT2D eigenvalue weighted by atomic mass is 79.9. The van der Waals surface area contributed by atoms with E-state index in [4.69, 9.17) is 5.73 Å². The summed E-state index contributed by atoms with van der Waals surface area (Å²) in [4.78, 5) is 0. The first-order chi connectivity index (χ1) is 7.94. The van der Waals surface area contributed by atoms with E-state index >= 15 is 0 Å². The average Bonchev–Trinajstić information content (AvgIpc) is 2.27. The van der Waals surface area contributed by atoms with E-state index in [-0.39, 0.29) is 5.41 Å². The van der Waals surface area contributed by atoms with Gasteiger partial charge in [0.25, 0.3) is 0 Å². The summed E-state index contributed by atoms with van der Waals surface area (Å²) in [6, 6.07) is 0. The third-order valence-electron chi connectivity index (χ3n) is 4.42. The first-order valence-electron chi connectivity index (χ1n) is 6.13. The molecule has 0 heterocycles. The van der Waals surface area contributed by atoms with Crippen molar-refractivity contribution in [3.8, 4) is 5.75 Å². The van der Waals surface area contributed by atoms with Gasteiger partial charge in [0, 0.05) is 22.0 Å². The topological polar surface area (TPSA) is 46.2 Å². The Morgan fingerprint density at radius 2 is 1.76 bits per heavy atom. The number of phenols is 1. The van der Waals surface area contributed by atoms with E-state index in [0.717, 1.165) is 39.6 Å². The molecule has 0 atom stereocenters. The molecule has 94 valence electrons. The molecule has 0 spiro atoms. The second kappa shape index (κ2) is 4.29. The van der Waals surface area contributed by atoms with Crippen molar-refractivity contribution in [2.75, 3.05) is 6.54 Å². The summed E-state index contributed by atoms with van der Waals surface area (Å²) in [5.74, 6) is 0.452. The van der Waals surface area contributed by atoms with Gasteiger partial charge in [-0.1, -0.05) is 22.4 Å². The molecule has 0 aliphatic heterocycles. The van der Waals surface area contributed by atoms with Crippen molar-refractivity contribution in [1.82, 2.24) is 0 Å². The Labute approximate surface area is 111 Å². The maximum atomic E-state index is 10.4. The average molecular weight is 298 g/mol.